The van der Waals surface area contributed by atoms with Crippen LogP contribution >= 0.6 is 0 Å². The fraction of sp³-hybridized carbons (Fsp3) is 0.945. The number of fused-ring (bicyclic) bond motifs is 3. The molecular formula is C55H88O32. The van der Waals surface area contributed by atoms with Gasteiger partial charge in [0.05, 0.1) is 50.7 Å². The van der Waals surface area contributed by atoms with Crippen molar-refractivity contribution in [2.45, 2.75) is 255 Å². The molecule has 10 aliphatic rings. The van der Waals surface area contributed by atoms with Crippen molar-refractivity contribution < 1.29 is 159 Å². The standard InChI is InChI=1S/C55H88O32/c1-19-11-54-9-5-26-52(2,27(54)6-10-55(19,18-54)87-50-44(84-45-37(71)28(62)20(61)17-76-45)42(33(67)25(16-60)81-50)83-47-39(73)35(69)30(64)22(13-57)78-47)7-4-8-53(26,3)51(75)86-49-43(85-48-40(74)36(70)31(65)23(14-58)79-48)41(32(66)24(15-59)80-49)82-46-38(72)34(68)29(63)21(12-56)77-46/h20-50,56-74H,1,4-18H2,2-3H3. The van der Waals surface area contributed by atoms with Gasteiger partial charge in [0.15, 0.2) is 37.6 Å². The van der Waals surface area contributed by atoms with E-state index in [0.717, 1.165) is 0 Å². The Morgan fingerprint density at radius 3 is 1.38 bits per heavy atom. The van der Waals surface area contributed by atoms with Crippen LogP contribution in [0.5, 0.6) is 0 Å². The molecule has 6 heterocycles. The fourth-order valence-electron chi connectivity index (χ4n) is 16.1. The van der Waals surface area contributed by atoms with Gasteiger partial charge in [0, 0.05) is 0 Å². The molecule has 32 heteroatoms. The van der Waals surface area contributed by atoms with E-state index in [1.54, 1.807) is 6.92 Å². The third-order valence-electron chi connectivity index (χ3n) is 20.9. The van der Waals surface area contributed by atoms with E-state index in [1.807, 2.05) is 0 Å². The Morgan fingerprint density at radius 1 is 0.471 bits per heavy atom. The second-order valence-electron chi connectivity index (χ2n) is 26.0. The summed E-state index contributed by atoms with van der Waals surface area (Å²) in [7, 11) is 0. The predicted molar refractivity (Wildman–Crippen MR) is 278 cm³/mol. The third-order valence-corrected chi connectivity index (χ3v) is 20.9. The lowest BCUT2D eigenvalue weighted by Crippen LogP contribution is -2.68. The summed E-state index contributed by atoms with van der Waals surface area (Å²) < 4.78 is 72.7. The predicted octanol–water partition coefficient (Wildman–Crippen LogP) is -8.83. The van der Waals surface area contributed by atoms with Crippen LogP contribution < -0.4 is 0 Å². The smallest absolute Gasteiger partial charge is 0.314 e. The molecule has 10 rings (SSSR count). The largest absolute Gasteiger partial charge is 0.432 e. The molecule has 500 valence electrons. The van der Waals surface area contributed by atoms with Crippen molar-refractivity contribution in [2.75, 3.05) is 39.6 Å². The van der Waals surface area contributed by atoms with E-state index < -0.39 is 252 Å². The minimum atomic E-state index is -2.07. The zero-order valence-corrected chi connectivity index (χ0v) is 48.0. The quantitative estimate of drug-likeness (QED) is 0.0365. The number of carbonyl (C=O) groups excluding carboxylic acids is 1. The molecule has 1 spiro atoms. The molecule has 0 radical (unpaired) electrons. The van der Waals surface area contributed by atoms with Crippen LogP contribution in [0, 0.1) is 28.1 Å². The lowest BCUT2D eigenvalue weighted by Gasteiger charge is -2.64. The van der Waals surface area contributed by atoms with Crippen molar-refractivity contribution in [3.63, 3.8) is 0 Å². The van der Waals surface area contributed by atoms with E-state index in [2.05, 4.69) is 13.5 Å². The summed E-state index contributed by atoms with van der Waals surface area (Å²) in [6.45, 7) is 3.49. The molecule has 19 N–H and O–H groups in total. The van der Waals surface area contributed by atoms with Gasteiger partial charge in [-0.2, -0.15) is 0 Å². The topological polar surface area (TPSA) is 512 Å². The first kappa shape index (κ1) is 67.9. The maximum atomic E-state index is 15.4. The molecule has 6 saturated heterocycles. The average Bonchev–Trinajstić information content (AvgIpc) is 1.64. The Morgan fingerprint density at radius 2 is 0.885 bits per heavy atom. The van der Waals surface area contributed by atoms with Crippen LogP contribution in [0.1, 0.15) is 71.6 Å². The molecular weight excluding hydrogens is 1170 g/mol. The highest BCUT2D eigenvalue weighted by molar-refractivity contribution is 5.77. The normalized spacial score (nSPS) is 54.6. The highest BCUT2D eigenvalue weighted by Crippen LogP contribution is 2.74. The number of hydrogen-bond acceptors (Lipinski definition) is 32. The Kier molecular flexibility index (Phi) is 20.6. The van der Waals surface area contributed by atoms with Gasteiger partial charge in [-0.15, -0.1) is 0 Å². The van der Waals surface area contributed by atoms with Gasteiger partial charge in [-0.3, -0.25) is 4.79 Å². The molecule has 2 bridgehead atoms. The lowest BCUT2D eigenvalue weighted by molar-refractivity contribution is -0.395. The van der Waals surface area contributed by atoms with Gasteiger partial charge in [-0.25, -0.2) is 0 Å². The summed E-state index contributed by atoms with van der Waals surface area (Å²) in [4.78, 5) is 15.4. The first-order valence-electron chi connectivity index (χ1n) is 29.8. The Bertz CT molecular complexity index is 2340. The van der Waals surface area contributed by atoms with Gasteiger partial charge < -0.3 is 154 Å². The number of rotatable bonds is 17. The molecule has 35 atom stereocenters. The monoisotopic (exact) mass is 1260 g/mol. The SMILES string of the molecule is C=C1CC23CCC4C(C)(C(=O)OC5OC(CO)C(O)C(OC6OC(CO)C(O)C(O)C6O)C5OC5OC(CO)C(O)C(O)C5O)CCCC4(C)C2CCC1(OC1OC(CO)C(O)C(OC2OC(CO)C(O)C(O)C2O)C1OC1OCC(O)C(O)C1O)C3. The minimum absolute atomic E-state index is 0.127. The van der Waals surface area contributed by atoms with Crippen molar-refractivity contribution >= 4 is 5.97 Å². The molecule has 35 unspecified atom stereocenters. The molecule has 6 aliphatic heterocycles. The lowest BCUT2D eigenvalue weighted by atomic mass is 9.41. The molecule has 32 nitrogen and oxygen atoms in total. The van der Waals surface area contributed by atoms with Crippen LogP contribution in [-0.2, 0) is 61.6 Å². The van der Waals surface area contributed by atoms with Crippen LogP contribution in [0.2, 0.25) is 0 Å². The number of hydrogen-bond donors (Lipinski definition) is 19. The van der Waals surface area contributed by atoms with E-state index in [0.29, 0.717) is 50.5 Å². The molecule has 0 aromatic heterocycles. The number of aliphatic hydroxyl groups is 19. The maximum absolute atomic E-state index is 15.4. The van der Waals surface area contributed by atoms with Gasteiger partial charge in [0.25, 0.3) is 0 Å². The minimum Gasteiger partial charge on any atom is -0.432 e. The second-order valence-corrected chi connectivity index (χ2v) is 26.0. The Hall–Kier alpha value is -1.99. The van der Waals surface area contributed by atoms with Crippen molar-refractivity contribution in [1.82, 2.24) is 0 Å². The zero-order chi connectivity index (χ0) is 63.1. The first-order chi connectivity index (χ1) is 41.2. The summed E-state index contributed by atoms with van der Waals surface area (Å²) in [5.41, 5.74) is -3.08. The molecule has 87 heavy (non-hydrogen) atoms. The summed E-state index contributed by atoms with van der Waals surface area (Å²) in [6, 6.07) is 0. The number of carbonyl (C=O) groups is 1. The molecule has 4 saturated carbocycles. The van der Waals surface area contributed by atoms with Crippen molar-refractivity contribution in [1.29, 1.82) is 0 Å². The highest BCUT2D eigenvalue weighted by atomic mass is 16.8. The van der Waals surface area contributed by atoms with E-state index in [-0.39, 0.29) is 18.8 Å². The second kappa shape index (κ2) is 26.4. The number of ether oxygens (including phenoxy) is 12. The summed E-state index contributed by atoms with van der Waals surface area (Å²) in [5.74, 6) is -1.38. The first-order valence-corrected chi connectivity index (χ1v) is 29.8. The third kappa shape index (κ3) is 12.0. The summed E-state index contributed by atoms with van der Waals surface area (Å²) in [6.07, 6.45) is -48.7. The molecule has 0 amide bonds. The van der Waals surface area contributed by atoms with E-state index in [9.17, 15) is 97.0 Å². The van der Waals surface area contributed by atoms with Gasteiger partial charge in [0.2, 0.25) is 6.29 Å². The van der Waals surface area contributed by atoms with Gasteiger partial charge in [0.1, 0.15) is 134 Å². The van der Waals surface area contributed by atoms with E-state index in [1.165, 1.54) is 0 Å². The van der Waals surface area contributed by atoms with Crippen molar-refractivity contribution in [3.05, 3.63) is 12.2 Å². The van der Waals surface area contributed by atoms with Gasteiger partial charge in [-0.1, -0.05) is 19.9 Å². The fourth-order valence-corrected chi connectivity index (χ4v) is 16.1. The van der Waals surface area contributed by atoms with Crippen LogP contribution in [0.15, 0.2) is 12.2 Å². The maximum Gasteiger partial charge on any atom is 0.314 e. The number of esters is 1. The van der Waals surface area contributed by atoms with Crippen LogP contribution in [-0.4, -0.2) is 326 Å². The summed E-state index contributed by atoms with van der Waals surface area (Å²) >= 11 is 0. The highest BCUT2D eigenvalue weighted by Gasteiger charge is 2.70. The molecule has 0 aromatic carbocycles. The molecule has 10 fully saturated rings. The van der Waals surface area contributed by atoms with Crippen molar-refractivity contribution in [2.24, 2.45) is 28.1 Å². The Balaban J connectivity index is 0.915. The molecule has 0 aromatic rings. The van der Waals surface area contributed by atoms with E-state index in [4.69, 9.17) is 56.8 Å². The molecule has 4 aliphatic carbocycles. The van der Waals surface area contributed by atoms with Crippen LogP contribution in [0.3, 0.4) is 0 Å². The summed E-state index contributed by atoms with van der Waals surface area (Å²) in [5, 5.41) is 204. The van der Waals surface area contributed by atoms with Crippen LogP contribution in [0.4, 0.5) is 0 Å². The van der Waals surface area contributed by atoms with Crippen molar-refractivity contribution in [3.8, 4) is 0 Å². The van der Waals surface area contributed by atoms with Crippen LogP contribution in [0.25, 0.3) is 0 Å². The Labute approximate surface area is 498 Å². The van der Waals surface area contributed by atoms with Gasteiger partial charge >= 0.3 is 5.97 Å². The zero-order valence-electron chi connectivity index (χ0n) is 48.0. The average molecular weight is 1260 g/mol. The van der Waals surface area contributed by atoms with E-state index >= 15 is 4.79 Å². The number of aliphatic hydroxyl groups excluding tert-OH is 19. The van der Waals surface area contributed by atoms with Gasteiger partial charge in [-0.05, 0) is 86.5 Å².